The van der Waals surface area contributed by atoms with E-state index in [9.17, 15) is 9.59 Å². The number of furan rings is 1. The number of rotatable bonds is 4. The van der Waals surface area contributed by atoms with E-state index in [1.54, 1.807) is 20.2 Å². The molecule has 1 amide bonds. The lowest BCUT2D eigenvalue weighted by Gasteiger charge is -2.08. The largest absolute Gasteiger partial charge is 0.466 e. The van der Waals surface area contributed by atoms with E-state index in [1.807, 2.05) is 19.9 Å². The summed E-state index contributed by atoms with van der Waals surface area (Å²) in [7, 11) is 1.65. The van der Waals surface area contributed by atoms with Gasteiger partial charge in [-0.05, 0) is 26.8 Å². The fourth-order valence-electron chi connectivity index (χ4n) is 2.72. The summed E-state index contributed by atoms with van der Waals surface area (Å²) in [4.78, 5) is 28.9. The van der Waals surface area contributed by atoms with E-state index < -0.39 is 11.9 Å². The van der Waals surface area contributed by atoms with Crippen LogP contribution in [0.2, 0.25) is 0 Å². The lowest BCUT2D eigenvalue weighted by Crippen LogP contribution is -2.35. The van der Waals surface area contributed by atoms with Gasteiger partial charge in [-0.25, -0.2) is 4.98 Å². The Balaban J connectivity index is 2.12. The molecule has 0 aliphatic rings. The van der Waals surface area contributed by atoms with Crippen LogP contribution < -0.4 is 10.9 Å². The molecule has 0 unspecified atom stereocenters. The average Bonchev–Trinajstić information content (AvgIpc) is 3.13. The molecular weight excluding hydrogens is 324 g/mol. The predicted molar refractivity (Wildman–Crippen MR) is 91.6 cm³/mol. The molecule has 0 aromatic carbocycles. The Morgan fingerprint density at radius 3 is 2.72 bits per heavy atom. The lowest BCUT2D eigenvalue weighted by molar-refractivity contribution is 0.0918. The van der Waals surface area contributed by atoms with E-state index in [1.165, 1.54) is 15.2 Å². The van der Waals surface area contributed by atoms with Gasteiger partial charge in [0.25, 0.3) is 11.5 Å². The van der Waals surface area contributed by atoms with Gasteiger partial charge in [-0.15, -0.1) is 0 Å². The first-order valence-corrected chi connectivity index (χ1v) is 7.89. The molecule has 0 fully saturated rings. The maximum absolute atomic E-state index is 12.6. The SMILES string of the molecule is Cc1cc(-c2cn3cc(C(=O)N[C@@H](C)CO)nc3c(=O)n2C)c(C)o1. The molecule has 8 nitrogen and oxygen atoms in total. The maximum atomic E-state index is 12.6. The van der Waals surface area contributed by atoms with Gasteiger partial charge < -0.3 is 19.4 Å². The van der Waals surface area contributed by atoms with Crippen LogP contribution in [0.15, 0.2) is 27.7 Å². The summed E-state index contributed by atoms with van der Waals surface area (Å²) in [5, 5.41) is 11.6. The second-order valence-electron chi connectivity index (χ2n) is 6.12. The van der Waals surface area contributed by atoms with Gasteiger partial charge in [-0.2, -0.15) is 0 Å². The van der Waals surface area contributed by atoms with Crippen molar-refractivity contribution in [3.8, 4) is 11.3 Å². The Kier molecular flexibility index (Phi) is 4.22. The van der Waals surface area contributed by atoms with Gasteiger partial charge in [0.05, 0.1) is 12.3 Å². The summed E-state index contributed by atoms with van der Waals surface area (Å²) < 4.78 is 8.57. The third kappa shape index (κ3) is 2.96. The van der Waals surface area contributed by atoms with Crippen molar-refractivity contribution in [2.24, 2.45) is 7.05 Å². The Hall–Kier alpha value is -2.87. The topological polar surface area (TPSA) is 102 Å². The molecule has 25 heavy (non-hydrogen) atoms. The zero-order chi connectivity index (χ0) is 18.3. The molecular formula is C17H20N4O4. The molecule has 3 aromatic heterocycles. The van der Waals surface area contributed by atoms with Crippen molar-refractivity contribution in [3.63, 3.8) is 0 Å². The highest BCUT2D eigenvalue weighted by Crippen LogP contribution is 2.25. The first-order valence-electron chi connectivity index (χ1n) is 7.89. The number of carbonyl (C=O) groups is 1. The maximum Gasteiger partial charge on any atom is 0.294 e. The van der Waals surface area contributed by atoms with Gasteiger partial charge in [0.15, 0.2) is 0 Å². The highest BCUT2D eigenvalue weighted by Gasteiger charge is 2.18. The van der Waals surface area contributed by atoms with Crippen LogP contribution in [0.3, 0.4) is 0 Å². The molecule has 0 spiro atoms. The third-order valence-corrected chi connectivity index (χ3v) is 4.05. The molecule has 3 heterocycles. The Bertz CT molecular complexity index is 1010. The summed E-state index contributed by atoms with van der Waals surface area (Å²) >= 11 is 0. The van der Waals surface area contributed by atoms with Crippen molar-refractivity contribution >= 4 is 11.6 Å². The van der Waals surface area contributed by atoms with Crippen molar-refractivity contribution < 1.29 is 14.3 Å². The van der Waals surface area contributed by atoms with E-state index in [2.05, 4.69) is 10.3 Å². The fourth-order valence-corrected chi connectivity index (χ4v) is 2.72. The molecule has 0 aliphatic carbocycles. The van der Waals surface area contributed by atoms with Crippen LogP contribution in [-0.2, 0) is 7.05 Å². The molecule has 3 rings (SSSR count). The van der Waals surface area contributed by atoms with Gasteiger partial charge in [0.2, 0.25) is 5.65 Å². The van der Waals surface area contributed by atoms with Crippen molar-refractivity contribution in [1.82, 2.24) is 19.3 Å². The second kappa shape index (κ2) is 6.21. The van der Waals surface area contributed by atoms with Crippen LogP contribution in [0, 0.1) is 13.8 Å². The van der Waals surface area contributed by atoms with Gasteiger partial charge in [0, 0.05) is 31.0 Å². The summed E-state index contributed by atoms with van der Waals surface area (Å²) in [5.41, 5.74) is 1.44. The number of aryl methyl sites for hydroxylation is 2. The monoisotopic (exact) mass is 344 g/mol. The third-order valence-electron chi connectivity index (χ3n) is 4.05. The van der Waals surface area contributed by atoms with E-state index in [4.69, 9.17) is 9.52 Å². The first-order chi connectivity index (χ1) is 11.8. The number of fused-ring (bicyclic) bond motifs is 1. The quantitative estimate of drug-likeness (QED) is 0.736. The molecule has 0 radical (unpaired) electrons. The molecule has 3 aromatic rings. The van der Waals surface area contributed by atoms with Crippen molar-refractivity contribution in [2.75, 3.05) is 6.61 Å². The summed E-state index contributed by atoms with van der Waals surface area (Å²) in [6.07, 6.45) is 3.25. The molecule has 2 N–H and O–H groups in total. The number of imidazole rings is 1. The summed E-state index contributed by atoms with van der Waals surface area (Å²) in [6, 6.07) is 1.47. The van der Waals surface area contributed by atoms with Gasteiger partial charge >= 0.3 is 0 Å². The van der Waals surface area contributed by atoms with Gasteiger partial charge in [0.1, 0.15) is 17.2 Å². The zero-order valence-electron chi connectivity index (χ0n) is 14.5. The number of aliphatic hydroxyl groups is 1. The highest BCUT2D eigenvalue weighted by atomic mass is 16.3. The van der Waals surface area contributed by atoms with Gasteiger partial charge in [-0.3, -0.25) is 14.0 Å². The zero-order valence-corrected chi connectivity index (χ0v) is 14.5. The second-order valence-corrected chi connectivity index (χ2v) is 6.12. The number of amides is 1. The van der Waals surface area contributed by atoms with Crippen molar-refractivity contribution in [3.05, 3.63) is 46.0 Å². The molecule has 132 valence electrons. The van der Waals surface area contributed by atoms with Crippen molar-refractivity contribution in [2.45, 2.75) is 26.8 Å². The fraction of sp³-hybridized carbons (Fsp3) is 0.353. The number of nitrogens with one attached hydrogen (secondary N) is 1. The number of hydrogen-bond donors (Lipinski definition) is 2. The van der Waals surface area contributed by atoms with Crippen LogP contribution >= 0.6 is 0 Å². The smallest absolute Gasteiger partial charge is 0.294 e. The van der Waals surface area contributed by atoms with Crippen LogP contribution in [0.4, 0.5) is 0 Å². The minimum Gasteiger partial charge on any atom is -0.466 e. The standard InChI is InChI=1S/C17H20N4O4/c1-9(8-22)18-16(23)13-6-21-7-14(12-5-10(2)25-11(12)3)20(4)17(24)15(21)19-13/h5-7,9,22H,8H2,1-4H3,(H,18,23)/t9-/m0/s1. The Morgan fingerprint density at radius 2 is 2.12 bits per heavy atom. The predicted octanol–water partition coefficient (Wildman–Crippen LogP) is 1.02. The summed E-state index contributed by atoms with van der Waals surface area (Å²) in [5.74, 6) is 1.02. The molecule has 8 heteroatoms. The van der Waals surface area contributed by atoms with E-state index >= 15 is 0 Å². The number of carbonyl (C=O) groups excluding carboxylic acids is 1. The van der Waals surface area contributed by atoms with E-state index in [0.717, 1.165) is 11.3 Å². The summed E-state index contributed by atoms with van der Waals surface area (Å²) in [6.45, 7) is 5.17. The Labute approximate surface area is 143 Å². The molecule has 1 atom stereocenters. The molecule has 0 saturated carbocycles. The van der Waals surface area contributed by atoms with Gasteiger partial charge in [-0.1, -0.05) is 0 Å². The minimum absolute atomic E-state index is 0.120. The van der Waals surface area contributed by atoms with Crippen LogP contribution in [0.5, 0.6) is 0 Å². The number of aromatic nitrogens is 3. The number of nitrogens with zero attached hydrogens (tertiary/aromatic N) is 3. The van der Waals surface area contributed by atoms with E-state index in [0.29, 0.717) is 11.5 Å². The molecule has 0 bridgehead atoms. The first kappa shape index (κ1) is 17.0. The lowest BCUT2D eigenvalue weighted by atomic mass is 10.2. The normalized spacial score (nSPS) is 12.5. The molecule has 0 aliphatic heterocycles. The highest BCUT2D eigenvalue weighted by molar-refractivity contribution is 5.93. The Morgan fingerprint density at radius 1 is 1.40 bits per heavy atom. The molecule has 0 saturated heterocycles. The average molecular weight is 344 g/mol. The number of hydrogen-bond acceptors (Lipinski definition) is 5. The number of aliphatic hydroxyl groups excluding tert-OH is 1. The van der Waals surface area contributed by atoms with Crippen LogP contribution in [0.1, 0.15) is 28.9 Å². The van der Waals surface area contributed by atoms with E-state index in [-0.39, 0.29) is 23.5 Å². The van der Waals surface area contributed by atoms with Crippen LogP contribution in [0.25, 0.3) is 16.9 Å². The minimum atomic E-state index is -0.441. The van der Waals surface area contributed by atoms with Crippen molar-refractivity contribution in [1.29, 1.82) is 0 Å². The van der Waals surface area contributed by atoms with Crippen LogP contribution in [-0.4, -0.2) is 37.6 Å².